The van der Waals surface area contributed by atoms with Gasteiger partial charge in [0.25, 0.3) is 5.91 Å². The van der Waals surface area contributed by atoms with Crippen LogP contribution in [0.1, 0.15) is 20.7 Å². The molecule has 1 rings (SSSR count). The number of carbonyl (C=O) groups excluding carboxylic acids is 2. The van der Waals surface area contributed by atoms with Crippen LogP contribution in [-0.2, 0) is 0 Å². The van der Waals surface area contributed by atoms with E-state index in [0.717, 1.165) is 12.1 Å². The molecule has 0 aliphatic rings. The molecular weight excluding hydrogens is 185 g/mol. The number of carbonyl (C=O) groups is 2. The van der Waals surface area contributed by atoms with Crippen molar-refractivity contribution >= 4 is 12.2 Å². The Bertz CT molecular complexity index is 374. The molecule has 0 unspecified atom stereocenters. The second-order valence-corrected chi connectivity index (χ2v) is 3.05. The zero-order valence-corrected chi connectivity index (χ0v) is 7.95. The number of rotatable bonds is 2. The first kappa shape index (κ1) is 10.4. The van der Waals surface area contributed by atoms with Gasteiger partial charge in [0, 0.05) is 19.7 Å². The molecule has 1 aromatic carbocycles. The maximum Gasteiger partial charge on any atom is 0.254 e. The number of hydrogen-bond donors (Lipinski definition) is 0. The van der Waals surface area contributed by atoms with Crippen LogP contribution in [0, 0.1) is 5.82 Å². The quantitative estimate of drug-likeness (QED) is 0.668. The fraction of sp³-hybridized carbons (Fsp3) is 0.200. The summed E-state index contributed by atoms with van der Waals surface area (Å²) in [6, 6.07) is 3.50. The molecule has 1 amide bonds. The lowest BCUT2D eigenvalue weighted by Crippen LogP contribution is -2.23. The van der Waals surface area contributed by atoms with Crippen molar-refractivity contribution in [2.24, 2.45) is 0 Å². The summed E-state index contributed by atoms with van der Waals surface area (Å²) in [5.74, 6) is -0.910. The van der Waals surface area contributed by atoms with Gasteiger partial charge in [-0.1, -0.05) is 0 Å². The van der Waals surface area contributed by atoms with Gasteiger partial charge >= 0.3 is 0 Å². The van der Waals surface area contributed by atoms with E-state index in [1.165, 1.54) is 11.0 Å². The van der Waals surface area contributed by atoms with Gasteiger partial charge in [-0.3, -0.25) is 9.59 Å². The molecule has 3 nitrogen and oxygen atoms in total. The van der Waals surface area contributed by atoms with Crippen LogP contribution in [0.2, 0.25) is 0 Å². The first-order chi connectivity index (χ1) is 6.56. The zero-order chi connectivity index (χ0) is 10.7. The van der Waals surface area contributed by atoms with Crippen LogP contribution in [0.4, 0.5) is 4.39 Å². The minimum atomic E-state index is -0.527. The molecule has 0 N–H and O–H groups in total. The van der Waals surface area contributed by atoms with Crippen LogP contribution >= 0.6 is 0 Å². The van der Waals surface area contributed by atoms with Gasteiger partial charge in [0.05, 0.1) is 5.56 Å². The Balaban J connectivity index is 3.23. The van der Waals surface area contributed by atoms with Gasteiger partial charge in [-0.2, -0.15) is 0 Å². The summed E-state index contributed by atoms with van der Waals surface area (Å²) in [5.41, 5.74) is 0.287. The Morgan fingerprint density at radius 3 is 2.57 bits per heavy atom. The minimum Gasteiger partial charge on any atom is -0.345 e. The van der Waals surface area contributed by atoms with E-state index in [2.05, 4.69) is 0 Å². The van der Waals surface area contributed by atoms with Crippen LogP contribution in [-0.4, -0.2) is 31.2 Å². The Hall–Kier alpha value is -1.71. The van der Waals surface area contributed by atoms with E-state index in [-0.39, 0.29) is 17.0 Å². The number of aldehydes is 1. The number of nitrogens with zero attached hydrogens (tertiary/aromatic N) is 1. The highest BCUT2D eigenvalue weighted by molar-refractivity contribution is 6.01. The predicted octanol–water partition coefficient (Wildman–Crippen LogP) is 1.34. The standard InChI is InChI=1S/C10H10FNO2/c1-12(2)10(14)9-5-8(11)4-3-7(9)6-13/h3-6H,1-2H3. The summed E-state index contributed by atoms with van der Waals surface area (Å²) in [5, 5.41) is 0. The van der Waals surface area contributed by atoms with Crippen molar-refractivity contribution in [1.29, 1.82) is 0 Å². The molecule has 0 fully saturated rings. The first-order valence-corrected chi connectivity index (χ1v) is 4.02. The number of hydrogen-bond acceptors (Lipinski definition) is 2. The Morgan fingerprint density at radius 1 is 1.43 bits per heavy atom. The van der Waals surface area contributed by atoms with E-state index in [0.29, 0.717) is 6.29 Å². The second-order valence-electron chi connectivity index (χ2n) is 3.05. The SMILES string of the molecule is CN(C)C(=O)c1cc(F)ccc1C=O. The van der Waals surface area contributed by atoms with Crippen LogP contribution in [0.25, 0.3) is 0 Å². The Kier molecular flexibility index (Phi) is 2.96. The van der Waals surface area contributed by atoms with E-state index in [4.69, 9.17) is 0 Å². The molecule has 0 aliphatic carbocycles. The van der Waals surface area contributed by atoms with Gasteiger partial charge in [0.1, 0.15) is 5.82 Å². The van der Waals surface area contributed by atoms with Gasteiger partial charge in [0.2, 0.25) is 0 Å². The fourth-order valence-electron chi connectivity index (χ4n) is 1.06. The number of benzene rings is 1. The van der Waals surface area contributed by atoms with E-state index in [9.17, 15) is 14.0 Å². The lowest BCUT2D eigenvalue weighted by molar-refractivity contribution is 0.0823. The number of amides is 1. The highest BCUT2D eigenvalue weighted by Gasteiger charge is 2.13. The molecular formula is C10H10FNO2. The zero-order valence-electron chi connectivity index (χ0n) is 7.95. The van der Waals surface area contributed by atoms with Crippen molar-refractivity contribution < 1.29 is 14.0 Å². The smallest absolute Gasteiger partial charge is 0.254 e. The molecule has 0 saturated carbocycles. The van der Waals surface area contributed by atoms with Gasteiger partial charge < -0.3 is 4.90 Å². The normalized spacial score (nSPS) is 9.64. The summed E-state index contributed by atoms with van der Waals surface area (Å²) in [7, 11) is 3.09. The lowest BCUT2D eigenvalue weighted by atomic mass is 10.1. The lowest BCUT2D eigenvalue weighted by Gasteiger charge is -2.11. The topological polar surface area (TPSA) is 37.4 Å². The summed E-state index contributed by atoms with van der Waals surface area (Å²) >= 11 is 0. The minimum absolute atomic E-state index is 0.0880. The summed E-state index contributed by atoms with van der Waals surface area (Å²) in [6.45, 7) is 0. The maximum absolute atomic E-state index is 12.8. The van der Waals surface area contributed by atoms with Crippen LogP contribution in [0.5, 0.6) is 0 Å². The molecule has 0 saturated heterocycles. The van der Waals surface area contributed by atoms with E-state index in [1.54, 1.807) is 14.1 Å². The summed E-state index contributed by atoms with van der Waals surface area (Å²) in [6.07, 6.45) is 0.538. The Labute approximate surface area is 81.1 Å². The highest BCUT2D eigenvalue weighted by Crippen LogP contribution is 2.11. The molecule has 0 radical (unpaired) electrons. The average molecular weight is 195 g/mol. The maximum atomic E-state index is 12.8. The van der Waals surface area contributed by atoms with E-state index < -0.39 is 5.82 Å². The monoisotopic (exact) mass is 195 g/mol. The summed E-state index contributed by atoms with van der Waals surface area (Å²) in [4.78, 5) is 23.3. The fourth-order valence-corrected chi connectivity index (χ4v) is 1.06. The van der Waals surface area contributed by atoms with Crippen molar-refractivity contribution in [1.82, 2.24) is 4.90 Å². The molecule has 1 aromatic rings. The van der Waals surface area contributed by atoms with Crippen molar-refractivity contribution in [3.8, 4) is 0 Å². The average Bonchev–Trinajstić information content (AvgIpc) is 2.16. The molecule has 0 bridgehead atoms. The molecule has 0 aliphatic heterocycles. The second kappa shape index (κ2) is 4.00. The van der Waals surface area contributed by atoms with Crippen molar-refractivity contribution in [2.45, 2.75) is 0 Å². The van der Waals surface area contributed by atoms with E-state index in [1.807, 2.05) is 0 Å². The van der Waals surface area contributed by atoms with Crippen molar-refractivity contribution in [3.05, 3.63) is 35.1 Å². The van der Waals surface area contributed by atoms with Crippen LogP contribution in [0.3, 0.4) is 0 Å². The number of halogens is 1. The molecule has 14 heavy (non-hydrogen) atoms. The van der Waals surface area contributed by atoms with Gasteiger partial charge in [-0.15, -0.1) is 0 Å². The van der Waals surface area contributed by atoms with Crippen LogP contribution in [0.15, 0.2) is 18.2 Å². The molecule has 74 valence electrons. The Morgan fingerprint density at radius 2 is 2.07 bits per heavy atom. The molecule has 0 atom stereocenters. The highest BCUT2D eigenvalue weighted by atomic mass is 19.1. The van der Waals surface area contributed by atoms with Crippen molar-refractivity contribution in [3.63, 3.8) is 0 Å². The third kappa shape index (κ3) is 1.96. The summed E-state index contributed by atoms with van der Waals surface area (Å²) < 4.78 is 12.8. The first-order valence-electron chi connectivity index (χ1n) is 4.02. The van der Waals surface area contributed by atoms with Crippen LogP contribution < -0.4 is 0 Å². The third-order valence-electron chi connectivity index (χ3n) is 1.78. The van der Waals surface area contributed by atoms with Gasteiger partial charge in [-0.25, -0.2) is 4.39 Å². The van der Waals surface area contributed by atoms with Gasteiger partial charge in [-0.05, 0) is 18.2 Å². The van der Waals surface area contributed by atoms with Crippen molar-refractivity contribution in [2.75, 3.05) is 14.1 Å². The largest absolute Gasteiger partial charge is 0.345 e. The third-order valence-corrected chi connectivity index (χ3v) is 1.78. The predicted molar refractivity (Wildman–Crippen MR) is 49.8 cm³/mol. The molecule has 4 heteroatoms. The molecule has 0 aromatic heterocycles. The van der Waals surface area contributed by atoms with Gasteiger partial charge in [0.15, 0.2) is 6.29 Å². The molecule has 0 spiro atoms. The van der Waals surface area contributed by atoms with E-state index >= 15 is 0 Å². The molecule has 0 heterocycles.